The number of nitrogens with one attached hydrogen (secondary N) is 1. The summed E-state index contributed by atoms with van der Waals surface area (Å²) in [5.41, 5.74) is 2.29. The number of benzene rings is 1. The standard InChI is InChI=1S/C23H24F3N7O3/c1-36-22-21-20(13-2-3-17-18(8-13)32(7-5-24)12-27-17)15(26)10-33(21)30-23(29-22)28-16-4-6-31(9-14(16)25)19(35)11-34/h2-3,8,10,12,14,16,34H,4-7,9,11H2,1H3,(H,28,30)/t14-,16+/m1/s1. The van der Waals surface area contributed by atoms with E-state index < -0.39 is 37.2 Å². The van der Waals surface area contributed by atoms with Crippen LogP contribution in [0.2, 0.25) is 0 Å². The van der Waals surface area contributed by atoms with Gasteiger partial charge in [-0.25, -0.2) is 22.7 Å². The van der Waals surface area contributed by atoms with E-state index in [1.165, 1.54) is 29.0 Å². The lowest BCUT2D eigenvalue weighted by Gasteiger charge is -2.34. The second-order valence-electron chi connectivity index (χ2n) is 8.47. The number of amides is 1. The Morgan fingerprint density at radius 3 is 2.92 bits per heavy atom. The lowest BCUT2D eigenvalue weighted by Crippen LogP contribution is -2.50. The first-order chi connectivity index (χ1) is 17.4. The van der Waals surface area contributed by atoms with Crippen LogP contribution in [-0.2, 0) is 11.3 Å². The van der Waals surface area contributed by atoms with E-state index in [-0.39, 0.29) is 49.0 Å². The fourth-order valence-corrected chi connectivity index (χ4v) is 4.54. The van der Waals surface area contributed by atoms with Crippen LogP contribution >= 0.6 is 0 Å². The molecule has 2 atom stereocenters. The van der Waals surface area contributed by atoms with Crippen molar-refractivity contribution in [3.8, 4) is 17.0 Å². The molecule has 1 saturated heterocycles. The molecule has 3 aromatic heterocycles. The van der Waals surface area contributed by atoms with Crippen molar-refractivity contribution < 1.29 is 27.8 Å². The van der Waals surface area contributed by atoms with Crippen LogP contribution in [0.1, 0.15) is 6.42 Å². The molecule has 0 saturated carbocycles. The Morgan fingerprint density at radius 1 is 1.36 bits per heavy atom. The maximum absolute atomic E-state index is 15.2. The molecule has 0 unspecified atom stereocenters. The number of aliphatic hydroxyl groups is 1. The molecule has 0 radical (unpaired) electrons. The van der Waals surface area contributed by atoms with Crippen molar-refractivity contribution >= 4 is 28.4 Å². The number of ether oxygens (including phenoxy) is 1. The molecule has 10 nitrogen and oxygen atoms in total. The number of likely N-dealkylation sites (tertiary alicyclic amines) is 1. The number of halogens is 3. The predicted molar refractivity (Wildman–Crippen MR) is 125 cm³/mol. The van der Waals surface area contributed by atoms with E-state index in [9.17, 15) is 13.6 Å². The molecule has 1 fully saturated rings. The summed E-state index contributed by atoms with van der Waals surface area (Å²) in [6.07, 6.45) is 1.57. The molecule has 4 heterocycles. The normalized spacial score (nSPS) is 18.2. The maximum Gasteiger partial charge on any atom is 0.248 e. The van der Waals surface area contributed by atoms with Crippen LogP contribution in [0, 0.1) is 5.82 Å². The zero-order valence-corrected chi connectivity index (χ0v) is 19.4. The van der Waals surface area contributed by atoms with E-state index in [0.29, 0.717) is 16.6 Å². The third kappa shape index (κ3) is 4.19. The highest BCUT2D eigenvalue weighted by atomic mass is 19.1. The van der Waals surface area contributed by atoms with Gasteiger partial charge in [-0.3, -0.25) is 4.79 Å². The number of carbonyl (C=O) groups excluding carboxylic acids is 1. The number of aromatic nitrogens is 5. The molecule has 0 aliphatic carbocycles. The van der Waals surface area contributed by atoms with Gasteiger partial charge in [0.2, 0.25) is 17.7 Å². The fraction of sp³-hybridized carbons (Fsp3) is 0.391. The molecular weight excluding hydrogens is 479 g/mol. The summed E-state index contributed by atoms with van der Waals surface area (Å²) in [5.74, 6) is -0.995. The summed E-state index contributed by atoms with van der Waals surface area (Å²) in [7, 11) is 1.39. The fourth-order valence-electron chi connectivity index (χ4n) is 4.54. The first-order valence-corrected chi connectivity index (χ1v) is 11.4. The Hall–Kier alpha value is -3.87. The number of alkyl halides is 2. The van der Waals surface area contributed by atoms with Crippen LogP contribution in [0.4, 0.5) is 19.1 Å². The summed E-state index contributed by atoms with van der Waals surface area (Å²) in [6, 6.07) is 4.46. The number of aryl methyl sites for hydroxylation is 1. The lowest BCUT2D eigenvalue weighted by molar-refractivity contribution is -0.136. The lowest BCUT2D eigenvalue weighted by atomic mass is 10.0. The van der Waals surface area contributed by atoms with E-state index >= 15 is 4.39 Å². The van der Waals surface area contributed by atoms with Gasteiger partial charge in [-0.1, -0.05) is 6.07 Å². The maximum atomic E-state index is 15.2. The van der Waals surface area contributed by atoms with E-state index in [4.69, 9.17) is 9.84 Å². The van der Waals surface area contributed by atoms with Crippen LogP contribution in [0.25, 0.3) is 27.7 Å². The molecule has 0 bridgehead atoms. The van der Waals surface area contributed by atoms with Crippen molar-refractivity contribution in [2.45, 2.75) is 25.2 Å². The second kappa shape index (κ2) is 9.64. The highest BCUT2D eigenvalue weighted by molar-refractivity contribution is 5.90. The average Bonchev–Trinajstić information content (AvgIpc) is 3.43. The van der Waals surface area contributed by atoms with Gasteiger partial charge in [-0.2, -0.15) is 4.98 Å². The largest absolute Gasteiger partial charge is 0.479 e. The number of carbonyl (C=O) groups is 1. The number of hydrogen-bond acceptors (Lipinski definition) is 7. The number of piperidine rings is 1. The molecule has 36 heavy (non-hydrogen) atoms. The number of imidazole rings is 1. The first kappa shape index (κ1) is 23.9. The van der Waals surface area contributed by atoms with E-state index in [1.807, 2.05) is 0 Å². The van der Waals surface area contributed by atoms with Crippen molar-refractivity contribution in [3.05, 3.63) is 36.5 Å². The molecule has 4 aromatic rings. The molecular formula is C23H24F3N7O3. The third-order valence-electron chi connectivity index (χ3n) is 6.33. The molecule has 1 amide bonds. The van der Waals surface area contributed by atoms with Gasteiger partial charge in [0.1, 0.15) is 25.0 Å². The SMILES string of the molecule is COc1nc(N[C@H]2CCN(C(=O)CO)C[C@H]2F)nn2cc(F)c(-c3ccc4ncn(CCF)c4c3)c12. The number of methoxy groups -OCH3 is 1. The molecule has 190 valence electrons. The van der Waals surface area contributed by atoms with Crippen molar-refractivity contribution in [2.75, 3.05) is 38.8 Å². The first-order valence-electron chi connectivity index (χ1n) is 11.4. The van der Waals surface area contributed by atoms with Crippen LogP contribution < -0.4 is 10.1 Å². The predicted octanol–water partition coefficient (Wildman–Crippen LogP) is 2.21. The summed E-state index contributed by atoms with van der Waals surface area (Å²) < 4.78 is 51.2. The molecule has 1 aliphatic heterocycles. The topological polar surface area (TPSA) is 110 Å². The van der Waals surface area contributed by atoms with Crippen molar-refractivity contribution in [1.29, 1.82) is 0 Å². The summed E-state index contributed by atoms with van der Waals surface area (Å²) in [5, 5.41) is 16.2. The Labute approximate surface area is 203 Å². The molecule has 1 aliphatic rings. The number of nitrogens with zero attached hydrogens (tertiary/aromatic N) is 6. The average molecular weight is 503 g/mol. The van der Waals surface area contributed by atoms with E-state index in [1.54, 1.807) is 22.8 Å². The highest BCUT2D eigenvalue weighted by Gasteiger charge is 2.32. The summed E-state index contributed by atoms with van der Waals surface area (Å²) in [4.78, 5) is 21.5. The molecule has 0 spiro atoms. The van der Waals surface area contributed by atoms with E-state index in [0.717, 1.165) is 0 Å². The number of hydrogen-bond donors (Lipinski definition) is 2. The van der Waals surface area contributed by atoms with Gasteiger partial charge in [-0.15, -0.1) is 5.10 Å². The Morgan fingerprint density at radius 2 is 2.19 bits per heavy atom. The van der Waals surface area contributed by atoms with Crippen LogP contribution in [0.5, 0.6) is 5.88 Å². The van der Waals surface area contributed by atoms with Crippen molar-refractivity contribution in [3.63, 3.8) is 0 Å². The van der Waals surface area contributed by atoms with Crippen LogP contribution in [0.3, 0.4) is 0 Å². The van der Waals surface area contributed by atoms with Crippen LogP contribution in [0.15, 0.2) is 30.7 Å². The van der Waals surface area contributed by atoms with Gasteiger partial charge in [-0.05, 0) is 24.1 Å². The summed E-state index contributed by atoms with van der Waals surface area (Å²) in [6.45, 7) is -1.01. The minimum absolute atomic E-state index is 0.0342. The van der Waals surface area contributed by atoms with Crippen LogP contribution in [-0.4, -0.2) is 85.8 Å². The van der Waals surface area contributed by atoms with Crippen molar-refractivity contribution in [1.82, 2.24) is 29.0 Å². The van der Waals surface area contributed by atoms with Gasteiger partial charge < -0.3 is 24.6 Å². The van der Waals surface area contributed by atoms with E-state index in [2.05, 4.69) is 20.4 Å². The Kier molecular flexibility index (Phi) is 6.39. The number of anilines is 1. The monoisotopic (exact) mass is 503 g/mol. The molecule has 1 aromatic carbocycles. The number of rotatable bonds is 7. The molecule has 13 heteroatoms. The quantitative estimate of drug-likeness (QED) is 0.398. The van der Waals surface area contributed by atoms with Gasteiger partial charge in [0.25, 0.3) is 0 Å². The zero-order valence-electron chi connectivity index (χ0n) is 19.4. The van der Waals surface area contributed by atoms with Gasteiger partial charge in [0, 0.05) is 6.54 Å². The summed E-state index contributed by atoms with van der Waals surface area (Å²) >= 11 is 0. The highest BCUT2D eigenvalue weighted by Crippen LogP contribution is 2.35. The smallest absolute Gasteiger partial charge is 0.248 e. The van der Waals surface area contributed by atoms with Gasteiger partial charge in [0.05, 0.1) is 55.4 Å². The minimum Gasteiger partial charge on any atom is -0.479 e. The molecule has 5 rings (SSSR count). The number of aliphatic hydroxyl groups excluding tert-OH is 1. The van der Waals surface area contributed by atoms with Gasteiger partial charge in [0.15, 0.2) is 5.82 Å². The molecule has 2 N–H and O–H groups in total. The van der Waals surface area contributed by atoms with Crippen molar-refractivity contribution in [2.24, 2.45) is 0 Å². The Bertz CT molecular complexity index is 1420. The van der Waals surface area contributed by atoms with Gasteiger partial charge >= 0.3 is 0 Å². The zero-order chi connectivity index (χ0) is 25.4. The number of fused-ring (bicyclic) bond motifs is 2. The minimum atomic E-state index is -1.42. The second-order valence-corrected chi connectivity index (χ2v) is 8.47. The Balaban J connectivity index is 1.48. The third-order valence-corrected chi connectivity index (χ3v) is 6.33.